The van der Waals surface area contributed by atoms with Crippen LogP contribution in [0.5, 0.6) is 0 Å². The molecule has 0 heterocycles. The van der Waals surface area contributed by atoms with Crippen LogP contribution in [0.2, 0.25) is 0 Å². The molecule has 1 rings (SSSR count). The second-order valence-corrected chi connectivity index (χ2v) is 6.87. The Hall–Kier alpha value is -1.65. The summed E-state index contributed by atoms with van der Waals surface area (Å²) in [6, 6.07) is 1.64. The minimum atomic E-state index is -1.36. The maximum absolute atomic E-state index is 13.9. The van der Waals surface area contributed by atoms with Gasteiger partial charge in [0.25, 0.3) is 0 Å². The first-order chi connectivity index (χ1) is 8.91. The number of carboxylic acid groups (broad SMARTS) is 1. The summed E-state index contributed by atoms with van der Waals surface area (Å²) in [5.41, 5.74) is -1.22. The quantitative estimate of drug-likeness (QED) is 0.867. The van der Waals surface area contributed by atoms with Gasteiger partial charge in [-0.2, -0.15) is 0 Å². The van der Waals surface area contributed by atoms with E-state index in [-0.39, 0.29) is 11.1 Å². The van der Waals surface area contributed by atoms with Crippen molar-refractivity contribution in [3.8, 4) is 0 Å². The molecule has 0 saturated heterocycles. The van der Waals surface area contributed by atoms with Crippen LogP contribution in [0.4, 0.5) is 14.5 Å². The molecule has 0 saturated carbocycles. The highest BCUT2D eigenvalue weighted by Gasteiger charge is 2.27. The van der Waals surface area contributed by atoms with Gasteiger partial charge in [0.1, 0.15) is 17.3 Å². The summed E-state index contributed by atoms with van der Waals surface area (Å²) >= 11 is 0. The van der Waals surface area contributed by atoms with Crippen LogP contribution in [-0.4, -0.2) is 16.6 Å². The fourth-order valence-corrected chi connectivity index (χ4v) is 2.52. The van der Waals surface area contributed by atoms with E-state index in [1.165, 1.54) is 0 Å². The third-order valence-electron chi connectivity index (χ3n) is 2.72. The van der Waals surface area contributed by atoms with E-state index in [1.54, 1.807) is 0 Å². The maximum atomic E-state index is 13.9. The van der Waals surface area contributed by atoms with Crippen LogP contribution in [0.3, 0.4) is 0 Å². The molecule has 1 aromatic carbocycles. The molecule has 0 aliphatic carbocycles. The molecule has 1 aromatic rings. The third-order valence-corrected chi connectivity index (χ3v) is 2.72. The van der Waals surface area contributed by atoms with Crippen molar-refractivity contribution in [3.63, 3.8) is 0 Å². The molecule has 20 heavy (non-hydrogen) atoms. The number of aromatic carboxylic acids is 1. The number of rotatable bonds is 4. The SMILES string of the molecule is CC(C)(C)CC(C)(C)Nc1c(F)cc(C(=O)O)cc1F. The molecule has 0 amide bonds. The van der Waals surface area contributed by atoms with Crippen molar-refractivity contribution in [2.45, 2.75) is 46.6 Å². The zero-order valence-electron chi connectivity index (χ0n) is 12.5. The third kappa shape index (κ3) is 4.47. The van der Waals surface area contributed by atoms with Gasteiger partial charge in [-0.1, -0.05) is 20.8 Å². The number of benzene rings is 1. The van der Waals surface area contributed by atoms with E-state index in [4.69, 9.17) is 5.11 Å². The standard InChI is InChI=1S/C15H21F2NO2/c1-14(2,3)8-15(4,5)18-12-10(16)6-9(13(19)20)7-11(12)17/h6-7,18H,8H2,1-5H3,(H,19,20). The summed E-state index contributed by atoms with van der Waals surface area (Å²) < 4.78 is 27.7. The molecule has 3 nitrogen and oxygen atoms in total. The first kappa shape index (κ1) is 16.4. The molecule has 0 aromatic heterocycles. The van der Waals surface area contributed by atoms with Gasteiger partial charge in [-0.25, -0.2) is 13.6 Å². The fraction of sp³-hybridized carbons (Fsp3) is 0.533. The molecule has 2 N–H and O–H groups in total. The molecule has 0 aliphatic rings. The number of halogens is 2. The highest BCUT2D eigenvalue weighted by molar-refractivity contribution is 5.88. The van der Waals surface area contributed by atoms with Gasteiger partial charge < -0.3 is 10.4 Å². The lowest BCUT2D eigenvalue weighted by atomic mass is 9.81. The van der Waals surface area contributed by atoms with Crippen molar-refractivity contribution in [2.24, 2.45) is 5.41 Å². The average molecular weight is 285 g/mol. The van der Waals surface area contributed by atoms with Crippen LogP contribution < -0.4 is 5.32 Å². The van der Waals surface area contributed by atoms with Crippen LogP contribution in [0.25, 0.3) is 0 Å². The minimum absolute atomic E-state index is 0.00947. The lowest BCUT2D eigenvalue weighted by molar-refractivity contribution is 0.0696. The van der Waals surface area contributed by atoms with Gasteiger partial charge in [0.2, 0.25) is 0 Å². The average Bonchev–Trinajstić information content (AvgIpc) is 2.19. The molecular formula is C15H21F2NO2. The smallest absolute Gasteiger partial charge is 0.335 e. The maximum Gasteiger partial charge on any atom is 0.335 e. The molecule has 0 atom stereocenters. The summed E-state index contributed by atoms with van der Waals surface area (Å²) in [6.07, 6.45) is 0.694. The molecule has 0 aliphatic heterocycles. The molecule has 112 valence electrons. The van der Waals surface area contributed by atoms with Gasteiger partial charge in [-0.15, -0.1) is 0 Å². The van der Waals surface area contributed by atoms with Gasteiger partial charge in [0, 0.05) is 5.54 Å². The summed E-state index contributed by atoms with van der Waals surface area (Å²) in [6.45, 7) is 9.81. The Balaban J connectivity index is 3.07. The number of hydrogen-bond acceptors (Lipinski definition) is 2. The largest absolute Gasteiger partial charge is 0.478 e. The molecule has 0 spiro atoms. The van der Waals surface area contributed by atoms with Gasteiger partial charge in [-0.05, 0) is 37.8 Å². The first-order valence-electron chi connectivity index (χ1n) is 6.42. The summed E-state index contributed by atoms with van der Waals surface area (Å²) in [4.78, 5) is 10.7. The zero-order valence-corrected chi connectivity index (χ0v) is 12.5. The van der Waals surface area contributed by atoms with Crippen LogP contribution in [-0.2, 0) is 0 Å². The number of anilines is 1. The highest BCUT2D eigenvalue weighted by atomic mass is 19.1. The van der Waals surface area contributed by atoms with Crippen molar-refractivity contribution in [1.29, 1.82) is 0 Å². The second-order valence-electron chi connectivity index (χ2n) is 6.87. The normalized spacial score (nSPS) is 12.3. The lowest BCUT2D eigenvalue weighted by Gasteiger charge is -2.34. The van der Waals surface area contributed by atoms with Crippen LogP contribution in [0.1, 0.15) is 51.4 Å². The van der Waals surface area contributed by atoms with Crippen molar-refractivity contribution in [1.82, 2.24) is 0 Å². The Labute approximate surface area is 118 Å². The molecular weight excluding hydrogens is 264 g/mol. The van der Waals surface area contributed by atoms with E-state index in [0.717, 1.165) is 12.1 Å². The monoisotopic (exact) mass is 285 g/mol. The van der Waals surface area contributed by atoms with Crippen molar-refractivity contribution in [3.05, 3.63) is 29.3 Å². The Morgan fingerprint density at radius 2 is 1.60 bits per heavy atom. The summed E-state index contributed by atoms with van der Waals surface area (Å²) in [7, 11) is 0. The van der Waals surface area contributed by atoms with Crippen LogP contribution in [0.15, 0.2) is 12.1 Å². The molecule has 5 heteroatoms. The predicted octanol–water partition coefficient (Wildman–Crippen LogP) is 4.29. The molecule has 0 unspecified atom stereocenters. The minimum Gasteiger partial charge on any atom is -0.478 e. The van der Waals surface area contributed by atoms with Crippen molar-refractivity contribution >= 4 is 11.7 Å². The van der Waals surface area contributed by atoms with E-state index >= 15 is 0 Å². The van der Waals surface area contributed by atoms with E-state index in [9.17, 15) is 13.6 Å². The Morgan fingerprint density at radius 3 is 1.95 bits per heavy atom. The van der Waals surface area contributed by atoms with Crippen molar-refractivity contribution in [2.75, 3.05) is 5.32 Å². The van der Waals surface area contributed by atoms with E-state index in [2.05, 4.69) is 5.32 Å². The Morgan fingerprint density at radius 1 is 1.15 bits per heavy atom. The number of nitrogens with one attached hydrogen (secondary N) is 1. The van der Waals surface area contributed by atoms with Gasteiger partial charge in [-0.3, -0.25) is 0 Å². The topological polar surface area (TPSA) is 49.3 Å². The number of carboxylic acids is 1. The van der Waals surface area contributed by atoms with Gasteiger partial charge in [0.05, 0.1) is 5.56 Å². The van der Waals surface area contributed by atoms with E-state index in [0.29, 0.717) is 6.42 Å². The van der Waals surface area contributed by atoms with Gasteiger partial charge >= 0.3 is 5.97 Å². The van der Waals surface area contributed by atoms with Gasteiger partial charge in [0.15, 0.2) is 0 Å². The number of carbonyl (C=O) groups is 1. The van der Waals surface area contributed by atoms with Crippen LogP contribution in [0, 0.1) is 17.0 Å². The number of hydrogen-bond donors (Lipinski definition) is 2. The van der Waals surface area contributed by atoms with E-state index in [1.807, 2.05) is 34.6 Å². The van der Waals surface area contributed by atoms with E-state index < -0.39 is 28.7 Å². The lowest BCUT2D eigenvalue weighted by Crippen LogP contribution is -2.36. The highest BCUT2D eigenvalue weighted by Crippen LogP contribution is 2.31. The molecule has 0 fully saturated rings. The molecule has 0 radical (unpaired) electrons. The summed E-state index contributed by atoms with van der Waals surface area (Å²) in [5, 5.41) is 11.6. The predicted molar refractivity (Wildman–Crippen MR) is 75.1 cm³/mol. The Kier molecular flexibility index (Phi) is 4.42. The molecule has 0 bridgehead atoms. The zero-order chi connectivity index (χ0) is 15.7. The fourth-order valence-electron chi connectivity index (χ4n) is 2.52. The first-order valence-corrected chi connectivity index (χ1v) is 6.42. The van der Waals surface area contributed by atoms with Crippen LogP contribution >= 0.6 is 0 Å². The Bertz CT molecular complexity index is 496. The van der Waals surface area contributed by atoms with Crippen molar-refractivity contribution < 1.29 is 18.7 Å². The second kappa shape index (κ2) is 5.38. The summed E-state index contributed by atoms with van der Waals surface area (Å²) in [5.74, 6) is -3.16.